The first-order valence-electron chi connectivity index (χ1n) is 5.74. The van der Waals surface area contributed by atoms with Gasteiger partial charge >= 0.3 is 7.12 Å². The van der Waals surface area contributed by atoms with Gasteiger partial charge in [-0.25, -0.2) is 4.39 Å². The fraction of sp³-hybridized carbons (Fsp3) is 0.143. The lowest BCUT2D eigenvalue weighted by Gasteiger charge is -2.04. The first kappa shape index (κ1) is 3.25. The summed E-state index contributed by atoms with van der Waals surface area (Å²) in [6.45, 7) is -2.97. The highest BCUT2D eigenvalue weighted by Gasteiger charge is 2.17. The highest BCUT2D eigenvalue weighted by atomic mass is 19.1. The molecule has 11 heavy (non-hydrogen) atoms. The Balaban J connectivity index is 3.79. The first-order valence-corrected chi connectivity index (χ1v) is 2.74. The molecule has 58 valence electrons. The van der Waals surface area contributed by atoms with E-state index < -0.39 is 48.9 Å². The molecule has 0 amide bonds. The second kappa shape index (κ2) is 3.03. The average Bonchev–Trinajstić information content (AvgIpc) is 2.17. The van der Waals surface area contributed by atoms with Crippen molar-refractivity contribution in [3.63, 3.8) is 0 Å². The molecule has 1 aromatic rings. The van der Waals surface area contributed by atoms with Gasteiger partial charge < -0.3 is 10.0 Å². The summed E-state index contributed by atoms with van der Waals surface area (Å²) in [7, 11) is -2.46. The number of benzene rings is 1. The molecule has 1 aromatic carbocycles. The van der Waals surface area contributed by atoms with Gasteiger partial charge in [-0.2, -0.15) is 0 Å². The van der Waals surface area contributed by atoms with Crippen molar-refractivity contribution in [1.82, 2.24) is 0 Å². The van der Waals surface area contributed by atoms with Crippen molar-refractivity contribution >= 4 is 12.6 Å². The van der Waals surface area contributed by atoms with E-state index in [0.29, 0.717) is 0 Å². The summed E-state index contributed by atoms with van der Waals surface area (Å²) in [6, 6.07) is -2.84. The molecule has 0 unspecified atom stereocenters. The molecule has 0 aliphatic carbocycles. The van der Waals surface area contributed by atoms with Gasteiger partial charge in [0.15, 0.2) is 0 Å². The monoisotopic (exact) mass is 160 g/mol. The van der Waals surface area contributed by atoms with Crippen LogP contribution in [0.4, 0.5) is 4.39 Å². The fourth-order valence-corrected chi connectivity index (χ4v) is 0.635. The van der Waals surface area contributed by atoms with E-state index in [2.05, 4.69) is 0 Å². The lowest BCUT2D eigenvalue weighted by Crippen LogP contribution is -2.34. The molecule has 0 atom stereocenters. The molecule has 2 N–H and O–H groups in total. The molecule has 0 aliphatic rings. The predicted molar refractivity (Wildman–Crippen MR) is 41.0 cm³/mol. The zero-order chi connectivity index (χ0) is 13.5. The topological polar surface area (TPSA) is 40.5 Å². The Kier molecular flexibility index (Phi) is 0.894. The minimum absolute atomic E-state index is 0.903. The lowest BCUT2D eigenvalue weighted by molar-refractivity contribution is 0.422. The summed E-state index contributed by atoms with van der Waals surface area (Å²) < 4.78 is 56.5. The normalized spacial score (nSPS) is 18.8. The van der Waals surface area contributed by atoms with Crippen molar-refractivity contribution in [2.45, 2.75) is 6.85 Å². The van der Waals surface area contributed by atoms with Gasteiger partial charge in [-0.1, -0.05) is 12.1 Å². The van der Waals surface area contributed by atoms with Crippen LogP contribution in [0.5, 0.6) is 0 Å². The standard InChI is InChI=1S/C7H8BFO2/c1-5-3-2-4-6(9)7(5)8(10)11/h2-4,10-11H,1H3/i1D3,2D,3D,4D. The predicted octanol–water partition coefficient (Wildman–Crippen LogP) is -0.186. The number of halogens is 1. The SMILES string of the molecule is [2H]c1c([2H])c(F)c(B(O)O)c(C([2H])([2H])[2H])c1[2H]. The largest absolute Gasteiger partial charge is 0.491 e. The highest BCUT2D eigenvalue weighted by Crippen LogP contribution is 1.99. The van der Waals surface area contributed by atoms with E-state index in [-0.39, 0.29) is 0 Å². The van der Waals surface area contributed by atoms with E-state index in [1.165, 1.54) is 0 Å². The van der Waals surface area contributed by atoms with Crippen LogP contribution in [0.2, 0.25) is 0 Å². The number of hydrogen-bond acceptors (Lipinski definition) is 2. The smallest absolute Gasteiger partial charge is 0.423 e. The van der Waals surface area contributed by atoms with Gasteiger partial charge in [-0.05, 0) is 18.5 Å². The van der Waals surface area contributed by atoms with Crippen molar-refractivity contribution < 1.29 is 22.7 Å². The second-order valence-electron chi connectivity index (χ2n) is 1.85. The molecular weight excluding hydrogens is 146 g/mol. The molecule has 0 saturated heterocycles. The molecule has 0 heterocycles. The van der Waals surface area contributed by atoms with Gasteiger partial charge in [-0.3, -0.25) is 0 Å². The Hall–Kier alpha value is -0.865. The van der Waals surface area contributed by atoms with Crippen LogP contribution in [0.1, 0.15) is 13.8 Å². The van der Waals surface area contributed by atoms with Crippen LogP contribution in [-0.2, 0) is 0 Å². The van der Waals surface area contributed by atoms with Crippen molar-refractivity contribution in [3.8, 4) is 0 Å². The van der Waals surface area contributed by atoms with Gasteiger partial charge in [0.05, 0.1) is 4.11 Å². The van der Waals surface area contributed by atoms with Crippen LogP contribution in [-0.4, -0.2) is 17.2 Å². The second-order valence-corrected chi connectivity index (χ2v) is 1.85. The minimum Gasteiger partial charge on any atom is -0.423 e. The average molecular weight is 160 g/mol. The molecular formula is C7H8BFO2. The van der Waals surface area contributed by atoms with E-state index in [1.54, 1.807) is 0 Å². The summed E-state index contributed by atoms with van der Waals surface area (Å²) in [5.74, 6) is -1.51. The van der Waals surface area contributed by atoms with Crippen LogP contribution >= 0.6 is 0 Å². The molecule has 0 fully saturated rings. The summed E-state index contributed by atoms with van der Waals surface area (Å²) in [4.78, 5) is 0. The third-order valence-corrected chi connectivity index (χ3v) is 1.12. The Bertz CT molecular complexity index is 461. The summed E-state index contributed by atoms with van der Waals surface area (Å²) in [5.41, 5.74) is -2.00. The summed E-state index contributed by atoms with van der Waals surface area (Å²) in [6.07, 6.45) is 0. The fourth-order valence-electron chi connectivity index (χ4n) is 0.635. The van der Waals surface area contributed by atoms with Crippen LogP contribution in [0.15, 0.2) is 18.1 Å². The van der Waals surface area contributed by atoms with Gasteiger partial charge in [0.1, 0.15) is 5.82 Å². The molecule has 1 rings (SSSR count). The van der Waals surface area contributed by atoms with Crippen molar-refractivity contribution in [2.24, 2.45) is 0 Å². The molecule has 4 heteroatoms. The molecule has 0 aromatic heterocycles. The van der Waals surface area contributed by atoms with Crippen LogP contribution in [0.25, 0.3) is 0 Å². The van der Waals surface area contributed by atoms with Gasteiger partial charge in [0.2, 0.25) is 0 Å². The number of hydrogen-bond donors (Lipinski definition) is 2. The first-order chi connectivity index (χ1) is 7.59. The molecule has 2 nitrogen and oxygen atoms in total. The Morgan fingerprint density at radius 1 is 1.64 bits per heavy atom. The van der Waals surface area contributed by atoms with E-state index >= 15 is 0 Å². The Labute approximate surface area is 72.9 Å². The molecule has 0 aliphatic heterocycles. The maximum atomic E-state index is 13.5. The lowest BCUT2D eigenvalue weighted by atomic mass is 9.77. The molecule has 0 spiro atoms. The van der Waals surface area contributed by atoms with E-state index in [4.69, 9.17) is 18.3 Å². The van der Waals surface area contributed by atoms with Crippen LogP contribution in [0.3, 0.4) is 0 Å². The Morgan fingerprint density at radius 3 is 2.91 bits per heavy atom. The maximum absolute atomic E-state index is 13.5. The molecule has 0 radical (unpaired) electrons. The van der Waals surface area contributed by atoms with Crippen molar-refractivity contribution in [3.05, 3.63) is 29.5 Å². The van der Waals surface area contributed by atoms with Crippen molar-refractivity contribution in [1.29, 1.82) is 0 Å². The number of rotatable bonds is 1. The van der Waals surface area contributed by atoms with E-state index in [9.17, 15) is 4.39 Å². The third kappa shape index (κ3) is 1.58. The van der Waals surface area contributed by atoms with Crippen LogP contribution in [0, 0.1) is 12.7 Å². The maximum Gasteiger partial charge on any atom is 0.491 e. The zero-order valence-corrected chi connectivity index (χ0v) is 5.35. The Morgan fingerprint density at radius 2 is 2.36 bits per heavy atom. The molecule has 0 bridgehead atoms. The zero-order valence-electron chi connectivity index (χ0n) is 11.3. The third-order valence-electron chi connectivity index (χ3n) is 1.12. The van der Waals surface area contributed by atoms with Gasteiger partial charge in [0, 0.05) is 9.58 Å². The van der Waals surface area contributed by atoms with E-state index in [1.807, 2.05) is 0 Å². The van der Waals surface area contributed by atoms with Gasteiger partial charge in [0.25, 0.3) is 0 Å². The van der Waals surface area contributed by atoms with Crippen LogP contribution < -0.4 is 5.46 Å². The highest BCUT2D eigenvalue weighted by molar-refractivity contribution is 6.59. The summed E-state index contributed by atoms with van der Waals surface area (Å²) >= 11 is 0. The van der Waals surface area contributed by atoms with Gasteiger partial charge in [-0.15, -0.1) is 0 Å². The van der Waals surface area contributed by atoms with Crippen molar-refractivity contribution in [2.75, 3.05) is 0 Å². The van der Waals surface area contributed by atoms with E-state index in [0.717, 1.165) is 0 Å². The molecule has 0 saturated carbocycles. The summed E-state index contributed by atoms with van der Waals surface area (Å²) in [5, 5.41) is 17.9. The minimum atomic E-state index is -2.97. The quantitative estimate of drug-likeness (QED) is 0.559.